The highest BCUT2D eigenvalue weighted by molar-refractivity contribution is 7.89. The Morgan fingerprint density at radius 1 is 1.21 bits per heavy atom. The normalized spacial score (nSPS) is 28.6. The van der Waals surface area contributed by atoms with E-state index in [1.165, 1.54) is 19.3 Å². The molecular weight excluding hydrogens is 284 g/mol. The van der Waals surface area contributed by atoms with Gasteiger partial charge in [-0.15, -0.1) is 11.6 Å². The van der Waals surface area contributed by atoms with Crippen molar-refractivity contribution in [3.63, 3.8) is 0 Å². The second kappa shape index (κ2) is 6.74. The first-order valence-electron chi connectivity index (χ1n) is 7.31. The number of hydrogen-bond donors (Lipinski definition) is 0. The summed E-state index contributed by atoms with van der Waals surface area (Å²) in [5.74, 6) is 0.618. The minimum absolute atomic E-state index is 0.0284. The second-order valence-corrected chi connectivity index (χ2v) is 8.26. The van der Waals surface area contributed by atoms with Crippen LogP contribution in [0.2, 0.25) is 0 Å². The Morgan fingerprint density at radius 2 is 1.89 bits per heavy atom. The Labute approximate surface area is 122 Å². The molecule has 0 spiro atoms. The summed E-state index contributed by atoms with van der Waals surface area (Å²) >= 11 is 5.72. The van der Waals surface area contributed by atoms with E-state index >= 15 is 0 Å². The van der Waals surface area contributed by atoms with Crippen LogP contribution >= 0.6 is 11.6 Å². The molecule has 0 saturated carbocycles. The van der Waals surface area contributed by atoms with E-state index in [0.717, 1.165) is 19.5 Å². The number of rotatable bonds is 5. The predicted octanol–water partition coefficient (Wildman–Crippen LogP) is 1.75. The van der Waals surface area contributed by atoms with Gasteiger partial charge in [-0.2, -0.15) is 0 Å². The van der Waals surface area contributed by atoms with Gasteiger partial charge in [0.1, 0.15) is 0 Å². The summed E-state index contributed by atoms with van der Waals surface area (Å²) in [6.45, 7) is 5.52. The number of alkyl halides is 1. The van der Waals surface area contributed by atoms with Gasteiger partial charge in [-0.05, 0) is 38.3 Å². The molecule has 2 aliphatic rings. The van der Waals surface area contributed by atoms with Crippen molar-refractivity contribution < 1.29 is 8.42 Å². The second-order valence-electron chi connectivity index (χ2n) is 5.94. The Kier molecular flexibility index (Phi) is 5.52. The first kappa shape index (κ1) is 15.5. The van der Waals surface area contributed by atoms with E-state index < -0.39 is 10.0 Å². The fourth-order valence-corrected chi connectivity index (χ4v) is 5.12. The Balaban J connectivity index is 1.90. The molecule has 2 unspecified atom stereocenters. The lowest BCUT2D eigenvalue weighted by Crippen LogP contribution is -2.42. The summed E-state index contributed by atoms with van der Waals surface area (Å²) in [5, 5.41) is 0. The molecule has 0 bridgehead atoms. The van der Waals surface area contributed by atoms with Crippen molar-refractivity contribution in [1.29, 1.82) is 0 Å². The van der Waals surface area contributed by atoms with Crippen LogP contribution in [0.5, 0.6) is 0 Å². The molecule has 2 atom stereocenters. The van der Waals surface area contributed by atoms with Crippen molar-refractivity contribution in [2.75, 3.05) is 37.8 Å². The number of nitrogens with zero attached hydrogens (tertiary/aromatic N) is 2. The van der Waals surface area contributed by atoms with E-state index in [9.17, 15) is 8.42 Å². The van der Waals surface area contributed by atoms with Gasteiger partial charge in [-0.1, -0.05) is 13.3 Å². The molecule has 6 heteroatoms. The maximum Gasteiger partial charge on any atom is 0.214 e. The molecular formula is C13H25ClN2O2S. The highest BCUT2D eigenvalue weighted by atomic mass is 35.5. The van der Waals surface area contributed by atoms with Crippen LogP contribution < -0.4 is 0 Å². The quantitative estimate of drug-likeness (QED) is 0.727. The lowest BCUT2D eigenvalue weighted by molar-refractivity contribution is 0.169. The summed E-state index contributed by atoms with van der Waals surface area (Å²) in [5.41, 5.74) is 0. The highest BCUT2D eigenvalue weighted by Crippen LogP contribution is 2.23. The smallest absolute Gasteiger partial charge is 0.214 e. The number of halogens is 1. The Bertz CT molecular complexity index is 382. The zero-order chi connectivity index (χ0) is 13.9. The molecule has 0 radical (unpaired) electrons. The molecule has 0 amide bonds. The fourth-order valence-electron chi connectivity index (χ4n) is 3.05. The lowest BCUT2D eigenvalue weighted by Gasteiger charge is -2.32. The standard InChI is InChI=1S/C13H25ClN2O2S/c1-12(9-14)11-19(17,18)16-8-5-13(10-16)15-6-3-2-4-7-15/h12-13H,2-11H2,1H3. The fraction of sp³-hybridized carbons (Fsp3) is 1.00. The summed E-state index contributed by atoms with van der Waals surface area (Å²) in [6.07, 6.45) is 4.81. The maximum atomic E-state index is 12.3. The van der Waals surface area contributed by atoms with Gasteiger partial charge in [0.15, 0.2) is 0 Å². The molecule has 2 aliphatic heterocycles. The van der Waals surface area contributed by atoms with Crippen LogP contribution in [0, 0.1) is 5.92 Å². The third-order valence-corrected chi connectivity index (χ3v) is 6.82. The maximum absolute atomic E-state index is 12.3. The average Bonchev–Trinajstić information content (AvgIpc) is 2.89. The van der Waals surface area contributed by atoms with Gasteiger partial charge in [0.2, 0.25) is 10.0 Å². The Hall–Kier alpha value is 0.160. The highest BCUT2D eigenvalue weighted by Gasteiger charge is 2.35. The van der Waals surface area contributed by atoms with Crippen LogP contribution in [-0.4, -0.2) is 61.5 Å². The molecule has 0 aromatic carbocycles. The molecule has 19 heavy (non-hydrogen) atoms. The minimum Gasteiger partial charge on any atom is -0.299 e. The Morgan fingerprint density at radius 3 is 2.53 bits per heavy atom. The first-order valence-corrected chi connectivity index (χ1v) is 9.45. The van der Waals surface area contributed by atoms with Gasteiger partial charge in [0, 0.05) is 25.0 Å². The van der Waals surface area contributed by atoms with Gasteiger partial charge in [-0.3, -0.25) is 4.90 Å². The van der Waals surface area contributed by atoms with Gasteiger partial charge in [0.05, 0.1) is 5.75 Å². The molecule has 0 aromatic heterocycles. The lowest BCUT2D eigenvalue weighted by atomic mass is 10.1. The van der Waals surface area contributed by atoms with E-state index in [2.05, 4.69) is 4.90 Å². The molecule has 2 saturated heterocycles. The SMILES string of the molecule is CC(CCl)CS(=O)(=O)N1CCC(N2CCCCC2)C1. The van der Waals surface area contributed by atoms with E-state index in [4.69, 9.17) is 11.6 Å². The van der Waals surface area contributed by atoms with Crippen molar-refractivity contribution in [3.05, 3.63) is 0 Å². The van der Waals surface area contributed by atoms with Crippen LogP contribution in [0.4, 0.5) is 0 Å². The van der Waals surface area contributed by atoms with Crippen LogP contribution in [-0.2, 0) is 10.0 Å². The molecule has 0 aromatic rings. The van der Waals surface area contributed by atoms with Crippen LogP contribution in [0.25, 0.3) is 0 Å². The van der Waals surface area contributed by atoms with Crippen molar-refractivity contribution >= 4 is 21.6 Å². The zero-order valence-electron chi connectivity index (χ0n) is 11.7. The summed E-state index contributed by atoms with van der Waals surface area (Å²) in [7, 11) is -3.12. The zero-order valence-corrected chi connectivity index (χ0v) is 13.3. The molecule has 2 rings (SSSR count). The third kappa shape index (κ3) is 4.06. The predicted molar refractivity (Wildman–Crippen MR) is 79.1 cm³/mol. The van der Waals surface area contributed by atoms with Crippen molar-refractivity contribution in [3.8, 4) is 0 Å². The summed E-state index contributed by atoms with van der Waals surface area (Å²) in [6, 6.07) is 0.432. The van der Waals surface area contributed by atoms with E-state index in [1.54, 1.807) is 4.31 Å². The minimum atomic E-state index is -3.12. The van der Waals surface area contributed by atoms with Crippen LogP contribution in [0.3, 0.4) is 0 Å². The summed E-state index contributed by atoms with van der Waals surface area (Å²) < 4.78 is 26.2. The van der Waals surface area contributed by atoms with Gasteiger partial charge in [0.25, 0.3) is 0 Å². The summed E-state index contributed by atoms with van der Waals surface area (Å²) in [4.78, 5) is 2.48. The molecule has 0 aliphatic carbocycles. The van der Waals surface area contributed by atoms with Gasteiger partial charge in [-0.25, -0.2) is 12.7 Å². The van der Waals surface area contributed by atoms with E-state index in [0.29, 0.717) is 25.0 Å². The first-order chi connectivity index (χ1) is 9.03. The van der Waals surface area contributed by atoms with Gasteiger partial charge < -0.3 is 0 Å². The molecule has 0 N–H and O–H groups in total. The van der Waals surface area contributed by atoms with Crippen molar-refractivity contribution in [2.45, 2.75) is 38.6 Å². The molecule has 4 nitrogen and oxygen atoms in total. The van der Waals surface area contributed by atoms with Crippen LogP contribution in [0.15, 0.2) is 0 Å². The largest absolute Gasteiger partial charge is 0.299 e. The molecule has 2 heterocycles. The monoisotopic (exact) mass is 308 g/mol. The number of likely N-dealkylation sites (tertiary alicyclic amines) is 1. The van der Waals surface area contributed by atoms with E-state index in [-0.39, 0.29) is 11.7 Å². The number of hydrogen-bond acceptors (Lipinski definition) is 3. The number of piperidine rings is 1. The van der Waals surface area contributed by atoms with Crippen LogP contribution in [0.1, 0.15) is 32.6 Å². The molecule has 2 fully saturated rings. The van der Waals surface area contributed by atoms with Crippen molar-refractivity contribution in [2.24, 2.45) is 5.92 Å². The van der Waals surface area contributed by atoms with Gasteiger partial charge >= 0.3 is 0 Å². The topological polar surface area (TPSA) is 40.6 Å². The average molecular weight is 309 g/mol. The third-order valence-electron chi connectivity index (χ3n) is 4.19. The number of sulfonamides is 1. The molecule has 112 valence electrons. The van der Waals surface area contributed by atoms with E-state index in [1.807, 2.05) is 6.92 Å². The van der Waals surface area contributed by atoms with Crippen molar-refractivity contribution in [1.82, 2.24) is 9.21 Å².